The molecule has 2 aliphatic rings. The van der Waals surface area contributed by atoms with Crippen molar-refractivity contribution in [2.75, 3.05) is 0 Å². The van der Waals surface area contributed by atoms with Crippen LogP contribution < -0.4 is 0 Å². The molecule has 1 N–H and O–H groups in total. The van der Waals surface area contributed by atoms with E-state index in [1.165, 1.54) is 32.1 Å². The van der Waals surface area contributed by atoms with Crippen LogP contribution in [-0.4, -0.2) is 11.2 Å². The highest BCUT2D eigenvalue weighted by Crippen LogP contribution is 2.67. The standard InChI is InChI=1S/C17H30O/c1-5-6-7-8-15(18)12-14-11-13-9-10-17(14,4)16(13,2)3/h12-13,15,18H,5-11H2,1-4H3/b14-12+/t13-,15-,17+/m1/s1. The maximum atomic E-state index is 10.2. The highest BCUT2D eigenvalue weighted by molar-refractivity contribution is 5.30. The van der Waals surface area contributed by atoms with Gasteiger partial charge in [0.05, 0.1) is 6.10 Å². The summed E-state index contributed by atoms with van der Waals surface area (Å²) in [5.74, 6) is 0.844. The van der Waals surface area contributed by atoms with Gasteiger partial charge in [-0.2, -0.15) is 0 Å². The SMILES string of the molecule is CCCCC[C@@H](O)/C=C1\C[C@H]2CC[C@]1(C)C2(C)C. The molecule has 0 unspecified atom stereocenters. The van der Waals surface area contributed by atoms with E-state index in [1.807, 2.05) is 0 Å². The summed E-state index contributed by atoms with van der Waals surface area (Å²) in [4.78, 5) is 0. The summed E-state index contributed by atoms with van der Waals surface area (Å²) >= 11 is 0. The van der Waals surface area contributed by atoms with Gasteiger partial charge in [-0.1, -0.05) is 58.6 Å². The zero-order valence-electron chi connectivity index (χ0n) is 12.6. The van der Waals surface area contributed by atoms with Crippen molar-refractivity contribution >= 4 is 0 Å². The third-order valence-electron chi connectivity index (χ3n) is 6.11. The van der Waals surface area contributed by atoms with Crippen LogP contribution in [0.15, 0.2) is 11.6 Å². The highest BCUT2D eigenvalue weighted by atomic mass is 16.3. The molecule has 0 saturated heterocycles. The number of allylic oxidation sites excluding steroid dienone is 1. The van der Waals surface area contributed by atoms with Gasteiger partial charge in [-0.25, -0.2) is 0 Å². The minimum absolute atomic E-state index is 0.210. The molecule has 2 fully saturated rings. The van der Waals surface area contributed by atoms with Gasteiger partial charge in [-0.3, -0.25) is 0 Å². The predicted molar refractivity (Wildman–Crippen MR) is 77.5 cm³/mol. The van der Waals surface area contributed by atoms with Crippen LogP contribution in [0.25, 0.3) is 0 Å². The molecule has 0 aromatic heterocycles. The molecule has 0 aromatic rings. The summed E-state index contributed by atoms with van der Waals surface area (Å²) < 4.78 is 0. The fourth-order valence-electron chi connectivity index (χ4n) is 4.19. The van der Waals surface area contributed by atoms with Crippen LogP contribution in [0.1, 0.15) is 72.6 Å². The molecule has 0 aromatic carbocycles. The Morgan fingerprint density at radius 1 is 1.33 bits per heavy atom. The summed E-state index contributed by atoms with van der Waals surface area (Å²) in [5, 5.41) is 10.2. The van der Waals surface area contributed by atoms with Crippen molar-refractivity contribution in [3.8, 4) is 0 Å². The monoisotopic (exact) mass is 250 g/mol. The Kier molecular flexibility index (Phi) is 3.92. The average Bonchev–Trinajstić information content (AvgIpc) is 2.62. The lowest BCUT2D eigenvalue weighted by molar-refractivity contribution is 0.173. The second-order valence-corrected chi connectivity index (χ2v) is 7.25. The molecule has 18 heavy (non-hydrogen) atoms. The minimum Gasteiger partial charge on any atom is -0.389 e. The number of rotatable bonds is 5. The zero-order valence-corrected chi connectivity index (χ0v) is 12.6. The molecule has 0 spiro atoms. The number of aliphatic hydroxyl groups is 1. The number of hydrogen-bond donors (Lipinski definition) is 1. The number of unbranched alkanes of at least 4 members (excludes halogenated alkanes) is 2. The first-order valence-electron chi connectivity index (χ1n) is 7.81. The summed E-state index contributed by atoms with van der Waals surface area (Å²) in [6, 6.07) is 0. The quantitative estimate of drug-likeness (QED) is 0.554. The van der Waals surface area contributed by atoms with Crippen LogP contribution in [-0.2, 0) is 0 Å². The summed E-state index contributed by atoms with van der Waals surface area (Å²) in [5.41, 5.74) is 2.33. The zero-order chi connectivity index (χ0) is 13.4. The lowest BCUT2D eigenvalue weighted by atomic mass is 9.69. The van der Waals surface area contributed by atoms with Crippen LogP contribution in [0.3, 0.4) is 0 Å². The topological polar surface area (TPSA) is 20.2 Å². The maximum absolute atomic E-state index is 10.2. The molecular weight excluding hydrogens is 220 g/mol. The van der Waals surface area contributed by atoms with Gasteiger partial charge >= 0.3 is 0 Å². The molecule has 3 atom stereocenters. The second-order valence-electron chi connectivity index (χ2n) is 7.25. The predicted octanol–water partition coefficient (Wildman–Crippen LogP) is 4.70. The van der Waals surface area contributed by atoms with Gasteiger partial charge in [-0.05, 0) is 42.4 Å². The van der Waals surface area contributed by atoms with E-state index in [4.69, 9.17) is 0 Å². The Bertz CT molecular complexity index is 329. The van der Waals surface area contributed by atoms with Crippen LogP contribution in [0.4, 0.5) is 0 Å². The lowest BCUT2D eigenvalue weighted by Crippen LogP contribution is -2.28. The van der Waals surface area contributed by atoms with Crippen LogP contribution in [0.2, 0.25) is 0 Å². The van der Waals surface area contributed by atoms with E-state index in [0.29, 0.717) is 10.8 Å². The van der Waals surface area contributed by atoms with E-state index in [-0.39, 0.29) is 6.10 Å². The van der Waals surface area contributed by atoms with Gasteiger partial charge in [0.15, 0.2) is 0 Å². The Morgan fingerprint density at radius 3 is 2.56 bits per heavy atom. The van der Waals surface area contributed by atoms with Crippen molar-refractivity contribution in [1.29, 1.82) is 0 Å². The Hall–Kier alpha value is -0.300. The average molecular weight is 250 g/mol. The minimum atomic E-state index is -0.210. The molecule has 0 amide bonds. The molecule has 2 saturated carbocycles. The molecule has 2 bridgehead atoms. The van der Waals surface area contributed by atoms with Gasteiger partial charge < -0.3 is 5.11 Å². The maximum Gasteiger partial charge on any atom is 0.0723 e. The normalized spacial score (nSPS) is 37.4. The third kappa shape index (κ3) is 2.15. The van der Waals surface area contributed by atoms with E-state index in [1.54, 1.807) is 5.57 Å². The van der Waals surface area contributed by atoms with Gasteiger partial charge in [-0.15, -0.1) is 0 Å². The largest absolute Gasteiger partial charge is 0.389 e. The number of fused-ring (bicyclic) bond motifs is 2. The fourth-order valence-corrected chi connectivity index (χ4v) is 4.19. The first-order chi connectivity index (χ1) is 8.41. The van der Waals surface area contributed by atoms with Gasteiger partial charge in [0.1, 0.15) is 0 Å². The number of aliphatic hydroxyl groups excluding tert-OH is 1. The smallest absolute Gasteiger partial charge is 0.0723 e. The van der Waals surface area contributed by atoms with E-state index in [2.05, 4.69) is 33.8 Å². The molecule has 1 heteroatoms. The van der Waals surface area contributed by atoms with E-state index >= 15 is 0 Å². The van der Waals surface area contributed by atoms with Crippen molar-refractivity contribution in [3.05, 3.63) is 11.6 Å². The van der Waals surface area contributed by atoms with Crippen LogP contribution in [0, 0.1) is 16.7 Å². The molecule has 0 aliphatic heterocycles. The van der Waals surface area contributed by atoms with Crippen molar-refractivity contribution in [1.82, 2.24) is 0 Å². The second kappa shape index (κ2) is 5.00. The molecule has 2 rings (SSSR count). The summed E-state index contributed by atoms with van der Waals surface area (Å²) in [6.07, 6.45) is 10.5. The lowest BCUT2D eigenvalue weighted by Gasteiger charge is -2.36. The fraction of sp³-hybridized carbons (Fsp3) is 0.882. The van der Waals surface area contributed by atoms with Gasteiger partial charge in [0.2, 0.25) is 0 Å². The van der Waals surface area contributed by atoms with E-state index in [9.17, 15) is 5.11 Å². The van der Waals surface area contributed by atoms with Gasteiger partial charge in [0, 0.05) is 0 Å². The Morgan fingerprint density at radius 2 is 2.06 bits per heavy atom. The number of hydrogen-bond acceptors (Lipinski definition) is 1. The molecule has 2 aliphatic carbocycles. The first kappa shape index (κ1) is 14.1. The molecule has 104 valence electrons. The van der Waals surface area contributed by atoms with Crippen LogP contribution in [0.5, 0.6) is 0 Å². The van der Waals surface area contributed by atoms with Crippen molar-refractivity contribution < 1.29 is 5.11 Å². The van der Waals surface area contributed by atoms with E-state index in [0.717, 1.165) is 18.8 Å². The Labute approximate surface area is 113 Å². The van der Waals surface area contributed by atoms with Crippen molar-refractivity contribution in [2.45, 2.75) is 78.7 Å². The van der Waals surface area contributed by atoms with E-state index < -0.39 is 0 Å². The van der Waals surface area contributed by atoms with Crippen molar-refractivity contribution in [2.24, 2.45) is 16.7 Å². The highest BCUT2D eigenvalue weighted by Gasteiger charge is 2.58. The van der Waals surface area contributed by atoms with Gasteiger partial charge in [0.25, 0.3) is 0 Å². The molecular formula is C17H30O. The Balaban J connectivity index is 2.02. The summed E-state index contributed by atoms with van der Waals surface area (Å²) in [7, 11) is 0. The third-order valence-corrected chi connectivity index (χ3v) is 6.11. The molecule has 0 radical (unpaired) electrons. The molecule has 1 nitrogen and oxygen atoms in total. The summed E-state index contributed by atoms with van der Waals surface area (Å²) in [6.45, 7) is 9.48. The van der Waals surface area contributed by atoms with Crippen LogP contribution >= 0.6 is 0 Å². The molecule has 0 heterocycles. The van der Waals surface area contributed by atoms with Crippen molar-refractivity contribution in [3.63, 3.8) is 0 Å². The first-order valence-corrected chi connectivity index (χ1v) is 7.81.